The summed E-state index contributed by atoms with van der Waals surface area (Å²) < 4.78 is 5.46. The van der Waals surface area contributed by atoms with Crippen molar-refractivity contribution in [3.8, 4) is 22.1 Å². The summed E-state index contributed by atoms with van der Waals surface area (Å²) in [5.74, 6) is -0.534. The van der Waals surface area contributed by atoms with Gasteiger partial charge in [-0.05, 0) is 17.9 Å². The molecule has 3 rings (SSSR count). The molecule has 6 heteroatoms. The molecule has 3 heterocycles. The first-order valence-electron chi connectivity index (χ1n) is 5.57. The van der Waals surface area contributed by atoms with Crippen molar-refractivity contribution in [3.63, 3.8) is 0 Å². The van der Waals surface area contributed by atoms with Crippen LogP contribution in [0.5, 0.6) is 11.5 Å². The van der Waals surface area contributed by atoms with Gasteiger partial charge in [-0.2, -0.15) is 0 Å². The Labute approximate surface area is 107 Å². The predicted molar refractivity (Wildman–Crippen MR) is 66.9 cm³/mol. The summed E-state index contributed by atoms with van der Waals surface area (Å²) in [7, 11) is 0. The van der Waals surface area contributed by atoms with Crippen molar-refractivity contribution < 1.29 is 19.4 Å². The number of amides is 1. The zero-order chi connectivity index (χ0) is 12.7. The number of rotatable bonds is 2. The Balaban J connectivity index is 2.07. The molecule has 0 unspecified atom stereocenters. The second kappa shape index (κ2) is 4.06. The van der Waals surface area contributed by atoms with Gasteiger partial charge in [-0.1, -0.05) is 6.07 Å². The minimum absolute atomic E-state index is 0.0402. The molecule has 5 nitrogen and oxygen atoms in total. The predicted octanol–water partition coefficient (Wildman–Crippen LogP) is 2.55. The lowest BCUT2D eigenvalue weighted by Gasteiger charge is -2.11. The van der Waals surface area contributed by atoms with Crippen LogP contribution in [0, 0.1) is 0 Å². The second-order valence-corrected chi connectivity index (χ2v) is 5.01. The lowest BCUT2D eigenvalue weighted by Crippen LogP contribution is -2.23. The van der Waals surface area contributed by atoms with Gasteiger partial charge in [0.25, 0.3) is 0 Å². The molecule has 0 bridgehead atoms. The van der Waals surface area contributed by atoms with E-state index in [4.69, 9.17) is 4.42 Å². The molecule has 1 amide bonds. The maximum Gasteiger partial charge on any atom is 0.249 e. The van der Waals surface area contributed by atoms with Gasteiger partial charge >= 0.3 is 0 Å². The number of nitrogens with zero attached hydrogens (tertiary/aromatic N) is 1. The third-order valence-electron chi connectivity index (χ3n) is 2.90. The highest BCUT2D eigenvalue weighted by atomic mass is 32.1. The highest BCUT2D eigenvalue weighted by Gasteiger charge is 2.31. The van der Waals surface area contributed by atoms with Gasteiger partial charge in [-0.3, -0.25) is 9.69 Å². The van der Waals surface area contributed by atoms with Crippen molar-refractivity contribution in [2.75, 3.05) is 11.4 Å². The molecule has 2 aromatic rings. The molecule has 2 aromatic heterocycles. The van der Waals surface area contributed by atoms with Crippen LogP contribution in [0.1, 0.15) is 12.8 Å². The smallest absolute Gasteiger partial charge is 0.249 e. The molecule has 0 spiro atoms. The van der Waals surface area contributed by atoms with Gasteiger partial charge in [0.1, 0.15) is 0 Å². The summed E-state index contributed by atoms with van der Waals surface area (Å²) >= 11 is 1.39. The van der Waals surface area contributed by atoms with E-state index in [0.717, 1.165) is 6.42 Å². The first-order chi connectivity index (χ1) is 8.68. The van der Waals surface area contributed by atoms with Crippen LogP contribution >= 0.6 is 11.3 Å². The van der Waals surface area contributed by atoms with E-state index in [1.807, 2.05) is 11.4 Å². The third kappa shape index (κ3) is 1.57. The van der Waals surface area contributed by atoms with E-state index in [-0.39, 0.29) is 29.1 Å². The normalized spacial score (nSPS) is 15.6. The summed E-state index contributed by atoms with van der Waals surface area (Å²) in [5, 5.41) is 21.6. The minimum Gasteiger partial charge on any atom is -0.502 e. The number of aromatic hydroxyl groups is 2. The van der Waals surface area contributed by atoms with Crippen LogP contribution in [-0.2, 0) is 4.79 Å². The highest BCUT2D eigenvalue weighted by molar-refractivity contribution is 7.13. The van der Waals surface area contributed by atoms with Gasteiger partial charge in [0.15, 0.2) is 5.76 Å². The van der Waals surface area contributed by atoms with Crippen molar-refractivity contribution in [2.45, 2.75) is 12.8 Å². The molecule has 1 aliphatic rings. The summed E-state index contributed by atoms with van der Waals surface area (Å²) in [5.41, 5.74) is 0. The molecule has 0 aromatic carbocycles. The van der Waals surface area contributed by atoms with Crippen LogP contribution in [0.2, 0.25) is 0 Å². The first-order valence-corrected chi connectivity index (χ1v) is 6.45. The van der Waals surface area contributed by atoms with E-state index in [9.17, 15) is 15.0 Å². The van der Waals surface area contributed by atoms with Crippen LogP contribution in [0.3, 0.4) is 0 Å². The second-order valence-electron chi connectivity index (χ2n) is 4.06. The van der Waals surface area contributed by atoms with E-state index in [2.05, 4.69) is 0 Å². The van der Waals surface area contributed by atoms with E-state index in [1.165, 1.54) is 16.2 Å². The Morgan fingerprint density at radius 3 is 2.78 bits per heavy atom. The third-order valence-corrected chi connectivity index (χ3v) is 3.77. The first kappa shape index (κ1) is 11.2. The number of hydrogen-bond donors (Lipinski definition) is 2. The highest BCUT2D eigenvalue weighted by Crippen LogP contribution is 2.48. The zero-order valence-corrected chi connectivity index (χ0v) is 10.2. The van der Waals surface area contributed by atoms with E-state index < -0.39 is 0 Å². The Hall–Kier alpha value is -1.95. The molecule has 94 valence electrons. The number of anilines is 1. The minimum atomic E-state index is -0.367. The molecule has 2 N–H and O–H groups in total. The molecule has 0 atom stereocenters. The van der Waals surface area contributed by atoms with Crippen molar-refractivity contribution >= 4 is 23.1 Å². The molecule has 0 saturated carbocycles. The van der Waals surface area contributed by atoms with Gasteiger partial charge in [0.05, 0.1) is 4.88 Å². The Morgan fingerprint density at radius 2 is 2.17 bits per heavy atom. The summed E-state index contributed by atoms with van der Waals surface area (Å²) in [6, 6.07) is 3.60. The maximum atomic E-state index is 11.6. The lowest BCUT2D eigenvalue weighted by molar-refractivity contribution is -0.117. The van der Waals surface area contributed by atoms with Gasteiger partial charge in [-0.25, -0.2) is 0 Å². The molecule has 1 fully saturated rings. The van der Waals surface area contributed by atoms with Crippen LogP contribution in [0.4, 0.5) is 5.88 Å². The summed E-state index contributed by atoms with van der Waals surface area (Å²) in [6.45, 7) is 0.503. The van der Waals surface area contributed by atoms with Crippen molar-refractivity contribution in [1.82, 2.24) is 0 Å². The van der Waals surface area contributed by atoms with Crippen LogP contribution in [0.15, 0.2) is 21.9 Å². The van der Waals surface area contributed by atoms with Gasteiger partial charge < -0.3 is 14.6 Å². The van der Waals surface area contributed by atoms with Crippen LogP contribution in [0.25, 0.3) is 10.6 Å². The van der Waals surface area contributed by atoms with Crippen molar-refractivity contribution in [1.29, 1.82) is 0 Å². The molecule has 18 heavy (non-hydrogen) atoms. The topological polar surface area (TPSA) is 73.9 Å². The molecule has 0 aliphatic carbocycles. The molecular weight excluding hydrogens is 254 g/mol. The Bertz CT molecular complexity index is 587. The summed E-state index contributed by atoms with van der Waals surface area (Å²) in [6.07, 6.45) is 1.17. The average molecular weight is 265 g/mol. The Morgan fingerprint density at radius 1 is 1.33 bits per heavy atom. The van der Waals surface area contributed by atoms with Gasteiger partial charge in [0.2, 0.25) is 23.3 Å². The SMILES string of the molecule is O=C1CCCN1c1oc(-c2cccs2)c(O)c1O. The molecule has 1 aliphatic heterocycles. The fourth-order valence-electron chi connectivity index (χ4n) is 2.02. The number of carbonyl (C=O) groups is 1. The maximum absolute atomic E-state index is 11.6. The van der Waals surface area contributed by atoms with E-state index >= 15 is 0 Å². The van der Waals surface area contributed by atoms with Crippen LogP contribution < -0.4 is 4.90 Å². The van der Waals surface area contributed by atoms with E-state index in [1.54, 1.807) is 6.07 Å². The average Bonchev–Trinajstić information content (AvgIpc) is 3.04. The van der Waals surface area contributed by atoms with Gasteiger partial charge in [-0.15, -0.1) is 11.3 Å². The fourth-order valence-corrected chi connectivity index (χ4v) is 2.73. The zero-order valence-electron chi connectivity index (χ0n) is 9.42. The molecular formula is C12H11NO4S. The lowest BCUT2D eigenvalue weighted by atomic mass is 10.3. The van der Waals surface area contributed by atoms with Crippen LogP contribution in [-0.4, -0.2) is 22.7 Å². The van der Waals surface area contributed by atoms with Gasteiger partial charge in [0, 0.05) is 13.0 Å². The number of furan rings is 1. The number of thiophene rings is 1. The Kier molecular flexibility index (Phi) is 2.52. The number of carbonyl (C=O) groups excluding carboxylic acids is 1. The van der Waals surface area contributed by atoms with Crippen molar-refractivity contribution in [3.05, 3.63) is 17.5 Å². The standard InChI is InChI=1S/C12H11NO4S/c14-8-4-1-5-13(8)12-10(16)9(15)11(17-12)7-3-2-6-18-7/h2-3,6,15-16H,1,4-5H2. The van der Waals surface area contributed by atoms with Crippen molar-refractivity contribution in [2.24, 2.45) is 0 Å². The van der Waals surface area contributed by atoms with E-state index in [0.29, 0.717) is 17.8 Å². The molecule has 0 radical (unpaired) electrons. The molecule has 1 saturated heterocycles. The summed E-state index contributed by atoms with van der Waals surface area (Å²) in [4.78, 5) is 13.7. The monoisotopic (exact) mass is 265 g/mol. The quantitative estimate of drug-likeness (QED) is 0.875. The fraction of sp³-hybridized carbons (Fsp3) is 0.250. The largest absolute Gasteiger partial charge is 0.502 e. The number of hydrogen-bond acceptors (Lipinski definition) is 5.